The van der Waals surface area contributed by atoms with Crippen LogP contribution in [-0.2, 0) is 0 Å². The lowest BCUT2D eigenvalue weighted by Crippen LogP contribution is -2.11. The molecule has 2 aromatic carbocycles. The van der Waals surface area contributed by atoms with Crippen LogP contribution in [0.3, 0.4) is 0 Å². The third kappa shape index (κ3) is 3.00. The average Bonchev–Trinajstić information content (AvgIpc) is 2.88. The number of nitrogens with zero attached hydrogens (tertiary/aromatic N) is 1. The second-order valence-electron chi connectivity index (χ2n) is 4.33. The highest BCUT2D eigenvalue weighted by Gasteiger charge is 2.01. The number of nitrogen functional groups attached to an aromatic ring is 1. The molecule has 3 rings (SSSR count). The summed E-state index contributed by atoms with van der Waals surface area (Å²) in [4.78, 5) is 4.50. The molecule has 0 saturated heterocycles. The molecule has 3 N–H and O–H groups in total. The van der Waals surface area contributed by atoms with Crippen molar-refractivity contribution in [2.45, 2.75) is 0 Å². The number of benzene rings is 2. The molecule has 1 aromatic heterocycles. The van der Waals surface area contributed by atoms with Gasteiger partial charge in [0, 0.05) is 5.69 Å². The Kier molecular flexibility index (Phi) is 3.69. The molecule has 0 spiro atoms. The fourth-order valence-corrected chi connectivity index (χ4v) is 2.73. The van der Waals surface area contributed by atoms with E-state index < -0.39 is 0 Å². The molecule has 0 unspecified atom stereocenters. The van der Waals surface area contributed by atoms with Crippen LogP contribution in [0.5, 0.6) is 5.75 Å². The summed E-state index contributed by atoms with van der Waals surface area (Å²) in [6.45, 7) is 1.30. The molecule has 0 bridgehead atoms. The Bertz CT molecular complexity index is 661. The Morgan fingerprint density at radius 2 is 1.90 bits per heavy atom. The molecule has 1 heterocycles. The van der Waals surface area contributed by atoms with Gasteiger partial charge in [0.2, 0.25) is 0 Å². The van der Waals surface area contributed by atoms with Crippen molar-refractivity contribution in [1.29, 1.82) is 0 Å². The van der Waals surface area contributed by atoms with Gasteiger partial charge in [0.05, 0.1) is 16.8 Å². The number of anilines is 2. The summed E-state index contributed by atoms with van der Waals surface area (Å²) in [7, 11) is 0. The lowest BCUT2D eigenvalue weighted by Gasteiger charge is -2.06. The Labute approximate surface area is 121 Å². The smallest absolute Gasteiger partial charge is 0.183 e. The minimum atomic E-state index is 0.583. The van der Waals surface area contributed by atoms with E-state index in [4.69, 9.17) is 10.5 Å². The first-order chi connectivity index (χ1) is 9.81. The van der Waals surface area contributed by atoms with Gasteiger partial charge in [0.1, 0.15) is 12.4 Å². The number of hydrogen-bond acceptors (Lipinski definition) is 5. The number of rotatable bonds is 5. The maximum absolute atomic E-state index is 5.62. The largest absolute Gasteiger partial charge is 0.492 e. The highest BCUT2D eigenvalue weighted by atomic mass is 32.1. The maximum atomic E-state index is 5.62. The quantitative estimate of drug-likeness (QED) is 0.557. The molecule has 0 aliphatic heterocycles. The SMILES string of the molecule is Nc1ccc(OCCNc2nc3ccccc3s2)cc1. The van der Waals surface area contributed by atoms with Gasteiger partial charge in [-0.25, -0.2) is 4.98 Å². The fraction of sp³-hybridized carbons (Fsp3) is 0.133. The van der Waals surface area contributed by atoms with Crippen molar-refractivity contribution in [1.82, 2.24) is 4.98 Å². The summed E-state index contributed by atoms with van der Waals surface area (Å²) in [6, 6.07) is 15.5. The molecule has 0 radical (unpaired) electrons. The topological polar surface area (TPSA) is 60.2 Å². The molecule has 0 saturated carbocycles. The van der Waals surface area contributed by atoms with E-state index in [1.807, 2.05) is 42.5 Å². The summed E-state index contributed by atoms with van der Waals surface area (Å²) in [6.07, 6.45) is 0. The van der Waals surface area contributed by atoms with Gasteiger partial charge in [-0.3, -0.25) is 0 Å². The number of ether oxygens (including phenoxy) is 1. The van der Waals surface area contributed by atoms with E-state index in [-0.39, 0.29) is 0 Å². The number of nitrogens with one attached hydrogen (secondary N) is 1. The molecule has 0 amide bonds. The minimum Gasteiger partial charge on any atom is -0.492 e. The average molecular weight is 285 g/mol. The standard InChI is InChI=1S/C15H15N3OS/c16-11-5-7-12(8-6-11)19-10-9-17-15-18-13-3-1-2-4-14(13)20-15/h1-8H,9-10,16H2,(H,17,18). The molecule has 20 heavy (non-hydrogen) atoms. The van der Waals surface area contributed by atoms with Gasteiger partial charge in [-0.05, 0) is 36.4 Å². The number of hydrogen-bond donors (Lipinski definition) is 2. The zero-order valence-corrected chi connectivity index (χ0v) is 11.7. The predicted octanol–water partition coefficient (Wildman–Crippen LogP) is 3.37. The normalized spacial score (nSPS) is 10.6. The first-order valence-corrected chi connectivity index (χ1v) is 7.21. The number of thiazole rings is 1. The number of fused-ring (bicyclic) bond motifs is 1. The molecule has 5 heteroatoms. The van der Waals surface area contributed by atoms with Gasteiger partial charge in [-0.2, -0.15) is 0 Å². The molecule has 102 valence electrons. The van der Waals surface area contributed by atoms with E-state index in [0.717, 1.165) is 22.1 Å². The summed E-state index contributed by atoms with van der Waals surface area (Å²) in [5.74, 6) is 0.824. The lowest BCUT2D eigenvalue weighted by atomic mass is 10.3. The summed E-state index contributed by atoms with van der Waals surface area (Å²) in [5, 5.41) is 4.20. The number of para-hydroxylation sites is 1. The van der Waals surface area contributed by atoms with Crippen molar-refractivity contribution < 1.29 is 4.74 Å². The lowest BCUT2D eigenvalue weighted by molar-refractivity contribution is 0.333. The predicted molar refractivity (Wildman–Crippen MR) is 84.5 cm³/mol. The van der Waals surface area contributed by atoms with E-state index >= 15 is 0 Å². The highest BCUT2D eigenvalue weighted by Crippen LogP contribution is 2.25. The molecule has 0 atom stereocenters. The van der Waals surface area contributed by atoms with E-state index in [1.54, 1.807) is 11.3 Å². The van der Waals surface area contributed by atoms with Gasteiger partial charge in [-0.15, -0.1) is 0 Å². The number of nitrogens with two attached hydrogens (primary N) is 1. The van der Waals surface area contributed by atoms with Gasteiger partial charge in [-0.1, -0.05) is 23.5 Å². The molecule has 0 aliphatic rings. The molecular weight excluding hydrogens is 270 g/mol. The molecule has 3 aromatic rings. The summed E-state index contributed by atoms with van der Waals surface area (Å²) >= 11 is 1.65. The third-order valence-corrected chi connectivity index (χ3v) is 3.82. The maximum Gasteiger partial charge on any atom is 0.183 e. The summed E-state index contributed by atoms with van der Waals surface area (Å²) in [5.41, 5.74) is 7.39. The van der Waals surface area contributed by atoms with Crippen molar-refractivity contribution in [3.05, 3.63) is 48.5 Å². The Morgan fingerprint density at radius 1 is 1.10 bits per heavy atom. The van der Waals surface area contributed by atoms with Crippen LogP contribution in [0.4, 0.5) is 10.8 Å². The third-order valence-electron chi connectivity index (χ3n) is 2.82. The first kappa shape index (κ1) is 12.7. The highest BCUT2D eigenvalue weighted by molar-refractivity contribution is 7.22. The monoisotopic (exact) mass is 285 g/mol. The van der Waals surface area contributed by atoms with Crippen LogP contribution >= 0.6 is 11.3 Å². The molecule has 0 fully saturated rings. The first-order valence-electron chi connectivity index (χ1n) is 6.39. The minimum absolute atomic E-state index is 0.583. The molecule has 4 nitrogen and oxygen atoms in total. The van der Waals surface area contributed by atoms with E-state index in [2.05, 4.69) is 16.4 Å². The van der Waals surface area contributed by atoms with Crippen molar-refractivity contribution in [3.63, 3.8) is 0 Å². The zero-order chi connectivity index (χ0) is 13.8. The zero-order valence-electron chi connectivity index (χ0n) is 10.9. The van der Waals surface area contributed by atoms with Crippen molar-refractivity contribution in [3.8, 4) is 5.75 Å². The van der Waals surface area contributed by atoms with Crippen LogP contribution in [0.25, 0.3) is 10.2 Å². The van der Waals surface area contributed by atoms with Gasteiger partial charge in [0.15, 0.2) is 5.13 Å². The van der Waals surface area contributed by atoms with Crippen LogP contribution in [0.1, 0.15) is 0 Å². The van der Waals surface area contributed by atoms with Crippen LogP contribution in [0.15, 0.2) is 48.5 Å². The summed E-state index contributed by atoms with van der Waals surface area (Å²) < 4.78 is 6.80. The van der Waals surface area contributed by atoms with Crippen LogP contribution in [0.2, 0.25) is 0 Å². The van der Waals surface area contributed by atoms with E-state index in [9.17, 15) is 0 Å². The van der Waals surface area contributed by atoms with Crippen LogP contribution < -0.4 is 15.8 Å². The molecule has 0 aliphatic carbocycles. The fourth-order valence-electron chi connectivity index (χ4n) is 1.84. The van der Waals surface area contributed by atoms with Gasteiger partial charge in [0.25, 0.3) is 0 Å². The van der Waals surface area contributed by atoms with Crippen molar-refractivity contribution in [2.24, 2.45) is 0 Å². The Morgan fingerprint density at radius 3 is 2.70 bits per heavy atom. The van der Waals surface area contributed by atoms with Crippen LogP contribution in [0, 0.1) is 0 Å². The van der Waals surface area contributed by atoms with E-state index in [1.165, 1.54) is 4.70 Å². The van der Waals surface area contributed by atoms with Gasteiger partial charge >= 0.3 is 0 Å². The van der Waals surface area contributed by atoms with E-state index in [0.29, 0.717) is 13.2 Å². The van der Waals surface area contributed by atoms with Crippen molar-refractivity contribution >= 4 is 32.4 Å². The number of aromatic nitrogens is 1. The second kappa shape index (κ2) is 5.79. The Balaban J connectivity index is 1.51. The second-order valence-corrected chi connectivity index (χ2v) is 5.36. The van der Waals surface area contributed by atoms with Crippen LogP contribution in [-0.4, -0.2) is 18.1 Å². The molecular formula is C15H15N3OS. The van der Waals surface area contributed by atoms with Gasteiger partial charge < -0.3 is 15.8 Å². The Hall–Kier alpha value is -2.27. The van der Waals surface area contributed by atoms with Crippen molar-refractivity contribution in [2.75, 3.05) is 24.2 Å².